The molecule has 0 atom stereocenters. The predicted octanol–water partition coefficient (Wildman–Crippen LogP) is 3.48. The molecule has 3 rings (SSSR count). The lowest BCUT2D eigenvalue weighted by Crippen LogP contribution is -2.00. The quantitative estimate of drug-likeness (QED) is 0.727. The van der Waals surface area contributed by atoms with Crippen LogP contribution in [0.1, 0.15) is 11.4 Å². The third-order valence-electron chi connectivity index (χ3n) is 3.13. The molecule has 0 aliphatic heterocycles. The summed E-state index contributed by atoms with van der Waals surface area (Å²) >= 11 is 0. The largest absolute Gasteiger partial charge is 0.323 e. The van der Waals surface area contributed by atoms with Crippen LogP contribution in [0.5, 0.6) is 0 Å². The Morgan fingerprint density at radius 1 is 0.944 bits per heavy atom. The topological polar surface area (TPSA) is 33.6 Å². The molecule has 1 N–H and O–H groups in total. The van der Waals surface area contributed by atoms with Crippen molar-refractivity contribution in [2.45, 2.75) is 13.8 Å². The normalized spacial score (nSPS) is 10.8. The van der Waals surface area contributed by atoms with E-state index in [0.29, 0.717) is 0 Å². The van der Waals surface area contributed by atoms with Crippen LogP contribution < -0.4 is 0 Å². The third kappa shape index (κ3) is 1.74. The summed E-state index contributed by atoms with van der Waals surface area (Å²) in [5.74, 6) is 0.869. The van der Waals surface area contributed by atoms with Gasteiger partial charge in [-0.3, -0.25) is 4.57 Å². The molecule has 0 fully saturated rings. The van der Waals surface area contributed by atoms with E-state index in [-0.39, 0.29) is 0 Å². The summed E-state index contributed by atoms with van der Waals surface area (Å²) in [5, 5.41) is 0. The highest BCUT2D eigenvalue weighted by atomic mass is 15.2. The second-order valence-corrected chi connectivity index (χ2v) is 4.44. The maximum absolute atomic E-state index is 4.46. The molecule has 0 amide bonds. The molecular formula is C15H15N3. The van der Waals surface area contributed by atoms with Gasteiger partial charge in [0.25, 0.3) is 0 Å². The fraction of sp³-hybridized carbons (Fsp3) is 0.133. The van der Waals surface area contributed by atoms with Gasteiger partial charge in [0.2, 0.25) is 5.95 Å². The van der Waals surface area contributed by atoms with Crippen LogP contribution >= 0.6 is 0 Å². The number of hydrogen-bond donors (Lipinski definition) is 1. The van der Waals surface area contributed by atoms with E-state index in [4.69, 9.17) is 0 Å². The van der Waals surface area contributed by atoms with Crippen molar-refractivity contribution in [1.29, 1.82) is 0 Å². The number of nitrogens with zero attached hydrogens (tertiary/aromatic N) is 2. The van der Waals surface area contributed by atoms with Crippen molar-refractivity contribution < 1.29 is 0 Å². The SMILES string of the molecule is Cc1ccc(C)n1-c1ncc(-c2ccccc2)[nH]1. The van der Waals surface area contributed by atoms with E-state index in [0.717, 1.165) is 17.2 Å². The first kappa shape index (κ1) is 10.8. The lowest BCUT2D eigenvalue weighted by molar-refractivity contribution is 0.897. The lowest BCUT2D eigenvalue weighted by Gasteiger charge is -2.04. The highest BCUT2D eigenvalue weighted by Gasteiger charge is 2.08. The van der Waals surface area contributed by atoms with Gasteiger partial charge in [0.1, 0.15) is 0 Å². The zero-order valence-corrected chi connectivity index (χ0v) is 10.5. The molecule has 0 aliphatic carbocycles. The molecule has 1 aromatic carbocycles. The lowest BCUT2D eigenvalue weighted by atomic mass is 10.2. The van der Waals surface area contributed by atoms with Crippen LogP contribution in [-0.2, 0) is 0 Å². The Balaban J connectivity index is 2.05. The third-order valence-corrected chi connectivity index (χ3v) is 3.13. The average Bonchev–Trinajstić information content (AvgIpc) is 2.98. The number of benzene rings is 1. The number of nitrogens with one attached hydrogen (secondary N) is 1. The number of hydrogen-bond acceptors (Lipinski definition) is 1. The smallest absolute Gasteiger partial charge is 0.211 e. The molecule has 0 saturated heterocycles. The van der Waals surface area contributed by atoms with Crippen LogP contribution in [0, 0.1) is 13.8 Å². The molecular weight excluding hydrogens is 222 g/mol. The summed E-state index contributed by atoms with van der Waals surface area (Å²) in [6, 6.07) is 14.4. The molecule has 0 unspecified atom stereocenters. The summed E-state index contributed by atoms with van der Waals surface area (Å²) in [6.45, 7) is 4.16. The average molecular weight is 237 g/mol. The van der Waals surface area contributed by atoms with Crippen LogP contribution in [0.3, 0.4) is 0 Å². The Kier molecular flexibility index (Phi) is 2.52. The first-order valence-corrected chi connectivity index (χ1v) is 6.01. The molecule has 3 aromatic rings. The van der Waals surface area contributed by atoms with Gasteiger partial charge >= 0.3 is 0 Å². The van der Waals surface area contributed by atoms with Gasteiger partial charge in [0.05, 0.1) is 11.9 Å². The van der Waals surface area contributed by atoms with Crippen LogP contribution in [-0.4, -0.2) is 14.5 Å². The van der Waals surface area contributed by atoms with Gasteiger partial charge in [-0.25, -0.2) is 4.98 Å². The summed E-state index contributed by atoms with van der Waals surface area (Å²) in [5.41, 5.74) is 4.56. The number of imidazole rings is 1. The van der Waals surface area contributed by atoms with Gasteiger partial charge in [0, 0.05) is 11.4 Å². The first-order valence-electron chi connectivity index (χ1n) is 6.01. The van der Waals surface area contributed by atoms with E-state index in [1.165, 1.54) is 11.4 Å². The summed E-state index contributed by atoms with van der Waals surface area (Å²) in [4.78, 5) is 7.83. The zero-order chi connectivity index (χ0) is 12.5. The van der Waals surface area contributed by atoms with Crippen LogP contribution in [0.15, 0.2) is 48.7 Å². The molecule has 2 aromatic heterocycles. The van der Waals surface area contributed by atoms with E-state index in [2.05, 4.69) is 52.6 Å². The van der Waals surface area contributed by atoms with Crippen molar-refractivity contribution in [3.63, 3.8) is 0 Å². The van der Waals surface area contributed by atoms with Gasteiger partial charge in [0.15, 0.2) is 0 Å². The highest BCUT2D eigenvalue weighted by molar-refractivity contribution is 5.59. The second kappa shape index (κ2) is 4.18. The van der Waals surface area contributed by atoms with Crippen LogP contribution in [0.25, 0.3) is 17.2 Å². The zero-order valence-electron chi connectivity index (χ0n) is 10.5. The molecule has 0 saturated carbocycles. The number of aromatic amines is 1. The van der Waals surface area contributed by atoms with Crippen molar-refractivity contribution in [3.8, 4) is 17.2 Å². The van der Waals surface area contributed by atoms with Crippen molar-refractivity contribution in [3.05, 3.63) is 60.0 Å². The van der Waals surface area contributed by atoms with Crippen molar-refractivity contribution >= 4 is 0 Å². The van der Waals surface area contributed by atoms with Gasteiger partial charge in [-0.2, -0.15) is 0 Å². The maximum atomic E-state index is 4.46. The molecule has 3 heteroatoms. The predicted molar refractivity (Wildman–Crippen MR) is 72.8 cm³/mol. The van der Waals surface area contributed by atoms with Gasteiger partial charge < -0.3 is 4.98 Å². The van der Waals surface area contributed by atoms with Gasteiger partial charge in [-0.05, 0) is 31.5 Å². The molecule has 0 radical (unpaired) electrons. The van der Waals surface area contributed by atoms with E-state index < -0.39 is 0 Å². The summed E-state index contributed by atoms with van der Waals surface area (Å²) < 4.78 is 2.12. The Bertz CT molecular complexity index is 643. The molecule has 3 nitrogen and oxygen atoms in total. The second-order valence-electron chi connectivity index (χ2n) is 4.44. The first-order chi connectivity index (χ1) is 8.75. The van der Waals surface area contributed by atoms with E-state index >= 15 is 0 Å². The molecule has 0 aliphatic rings. The summed E-state index contributed by atoms with van der Waals surface area (Å²) in [6.07, 6.45) is 1.88. The van der Waals surface area contributed by atoms with E-state index in [9.17, 15) is 0 Å². The Morgan fingerprint density at radius 2 is 1.61 bits per heavy atom. The number of aryl methyl sites for hydroxylation is 2. The molecule has 0 spiro atoms. The highest BCUT2D eigenvalue weighted by Crippen LogP contribution is 2.19. The maximum Gasteiger partial charge on any atom is 0.211 e. The molecule has 18 heavy (non-hydrogen) atoms. The minimum atomic E-state index is 0.869. The molecule has 90 valence electrons. The van der Waals surface area contributed by atoms with Gasteiger partial charge in [-0.1, -0.05) is 30.3 Å². The van der Waals surface area contributed by atoms with Crippen molar-refractivity contribution in [2.75, 3.05) is 0 Å². The fourth-order valence-corrected chi connectivity index (χ4v) is 2.19. The Hall–Kier alpha value is -2.29. The monoisotopic (exact) mass is 237 g/mol. The van der Waals surface area contributed by atoms with Gasteiger partial charge in [-0.15, -0.1) is 0 Å². The molecule has 0 bridgehead atoms. The Labute approximate surface area is 106 Å². The Morgan fingerprint density at radius 3 is 2.28 bits per heavy atom. The van der Waals surface area contributed by atoms with E-state index in [1.54, 1.807) is 0 Å². The minimum Gasteiger partial charge on any atom is -0.323 e. The van der Waals surface area contributed by atoms with Crippen LogP contribution in [0.2, 0.25) is 0 Å². The molecule has 2 heterocycles. The number of H-pyrrole nitrogens is 1. The summed E-state index contributed by atoms with van der Waals surface area (Å²) in [7, 11) is 0. The fourth-order valence-electron chi connectivity index (χ4n) is 2.19. The van der Waals surface area contributed by atoms with Crippen LogP contribution in [0.4, 0.5) is 0 Å². The van der Waals surface area contributed by atoms with Crippen molar-refractivity contribution in [2.24, 2.45) is 0 Å². The van der Waals surface area contributed by atoms with E-state index in [1.807, 2.05) is 24.4 Å². The number of rotatable bonds is 2. The minimum absolute atomic E-state index is 0.869. The standard InChI is InChI=1S/C15H15N3/c1-11-8-9-12(2)18(11)15-16-10-14(17-15)13-6-4-3-5-7-13/h3-10H,1-2H3,(H,16,17). The van der Waals surface area contributed by atoms with Crippen molar-refractivity contribution in [1.82, 2.24) is 14.5 Å². The number of aromatic nitrogens is 3.